The van der Waals surface area contributed by atoms with Crippen LogP contribution >= 0.6 is 27.5 Å². The van der Waals surface area contributed by atoms with Crippen molar-refractivity contribution in [3.05, 3.63) is 38.8 Å². The van der Waals surface area contributed by atoms with E-state index in [-0.39, 0.29) is 20.7 Å². The van der Waals surface area contributed by atoms with E-state index in [1.807, 2.05) is 6.08 Å². The number of carbonyl (C=O) groups excluding carboxylic acids is 2. The first-order chi connectivity index (χ1) is 12.9. The van der Waals surface area contributed by atoms with E-state index in [9.17, 15) is 14.0 Å². The molecule has 8 nitrogen and oxygen atoms in total. The maximum Gasteiger partial charge on any atom is 0.340 e. The van der Waals surface area contributed by atoms with E-state index in [0.29, 0.717) is 6.42 Å². The van der Waals surface area contributed by atoms with Gasteiger partial charge in [-0.3, -0.25) is 10.1 Å². The average Bonchev–Trinajstić information content (AvgIpc) is 3.22. The number of methoxy groups -OCH3 is 1. The molecule has 3 rings (SSSR count). The molecule has 2 heterocycles. The van der Waals surface area contributed by atoms with Crippen LogP contribution in [0.3, 0.4) is 0 Å². The minimum Gasteiger partial charge on any atom is -0.465 e. The highest BCUT2D eigenvalue weighted by Crippen LogP contribution is 2.34. The van der Waals surface area contributed by atoms with Crippen LogP contribution in [0.25, 0.3) is 0 Å². The molecule has 0 bridgehead atoms. The fourth-order valence-corrected chi connectivity index (χ4v) is 3.30. The third-order valence-corrected chi connectivity index (χ3v) is 5.56. The van der Waals surface area contributed by atoms with Crippen molar-refractivity contribution in [2.45, 2.75) is 12.5 Å². The molecule has 0 aromatic heterocycles. The molecule has 11 heteroatoms. The second-order valence-electron chi connectivity index (χ2n) is 5.96. The lowest BCUT2D eigenvalue weighted by Gasteiger charge is -2.29. The van der Waals surface area contributed by atoms with Gasteiger partial charge in [-0.15, -0.1) is 0 Å². The second kappa shape index (κ2) is 8.42. The first kappa shape index (κ1) is 19.9. The molecular formula is C16H18BrClFN5O3. The summed E-state index contributed by atoms with van der Waals surface area (Å²) in [6.45, 7) is 2.48. The molecule has 1 aromatic rings. The summed E-state index contributed by atoms with van der Waals surface area (Å²) in [4.78, 5) is 26.6. The molecule has 0 spiro atoms. The molecule has 2 aliphatic heterocycles. The average molecular weight is 463 g/mol. The van der Waals surface area contributed by atoms with Gasteiger partial charge in [-0.1, -0.05) is 11.6 Å². The Labute approximate surface area is 168 Å². The monoisotopic (exact) mass is 461 g/mol. The van der Waals surface area contributed by atoms with Gasteiger partial charge in [-0.05, 0) is 34.5 Å². The third-order valence-electron chi connectivity index (χ3n) is 4.26. The number of anilines is 1. The van der Waals surface area contributed by atoms with Gasteiger partial charge in [0.25, 0.3) is 0 Å². The summed E-state index contributed by atoms with van der Waals surface area (Å²) in [5, 5.41) is 5.66. The Bertz CT molecular complexity index is 801. The maximum absolute atomic E-state index is 14.6. The van der Waals surface area contributed by atoms with Crippen LogP contribution in [0.5, 0.6) is 0 Å². The summed E-state index contributed by atoms with van der Waals surface area (Å²) in [5.41, 5.74) is 5.42. The predicted molar refractivity (Wildman–Crippen MR) is 101 cm³/mol. The number of halogens is 3. The first-order valence-corrected chi connectivity index (χ1v) is 9.33. The van der Waals surface area contributed by atoms with Gasteiger partial charge in [0.2, 0.25) is 5.91 Å². The first-order valence-electron chi connectivity index (χ1n) is 8.16. The molecule has 1 aromatic carbocycles. The highest BCUT2D eigenvalue weighted by molar-refractivity contribution is 9.10. The highest BCUT2D eigenvalue weighted by Gasteiger charge is 2.28. The number of nitrogens with zero attached hydrogens (tertiary/aromatic N) is 1. The van der Waals surface area contributed by atoms with Crippen molar-refractivity contribution in [1.29, 1.82) is 0 Å². The van der Waals surface area contributed by atoms with Crippen LogP contribution in [0.15, 0.2) is 22.4 Å². The maximum atomic E-state index is 14.6. The van der Waals surface area contributed by atoms with Gasteiger partial charge in [0.05, 0.1) is 34.5 Å². The van der Waals surface area contributed by atoms with Crippen LogP contribution in [-0.2, 0) is 9.53 Å². The van der Waals surface area contributed by atoms with E-state index in [2.05, 4.69) is 47.1 Å². The molecular weight excluding hydrogens is 445 g/mol. The molecule has 0 radical (unpaired) electrons. The molecule has 1 fully saturated rings. The smallest absolute Gasteiger partial charge is 0.340 e. The van der Waals surface area contributed by atoms with Crippen LogP contribution in [0.1, 0.15) is 16.8 Å². The lowest BCUT2D eigenvalue weighted by Crippen LogP contribution is -2.52. The van der Waals surface area contributed by atoms with E-state index in [1.54, 1.807) is 0 Å². The quantitative estimate of drug-likeness (QED) is 0.398. The zero-order valence-electron chi connectivity index (χ0n) is 14.4. The van der Waals surface area contributed by atoms with Gasteiger partial charge in [0.1, 0.15) is 11.9 Å². The van der Waals surface area contributed by atoms with Gasteiger partial charge in [0.15, 0.2) is 5.82 Å². The molecule has 1 atom stereocenters. The molecule has 1 amide bonds. The van der Waals surface area contributed by atoms with Gasteiger partial charge in [-0.25, -0.2) is 14.6 Å². The Balaban J connectivity index is 1.76. The van der Waals surface area contributed by atoms with Crippen molar-refractivity contribution in [2.24, 2.45) is 0 Å². The number of hydrogen-bond donors (Lipinski definition) is 4. The summed E-state index contributed by atoms with van der Waals surface area (Å²) in [5.74, 6) is -1.29. The fraction of sp³-hybridized carbons (Fsp3) is 0.375. The van der Waals surface area contributed by atoms with E-state index in [1.165, 1.54) is 6.07 Å². The lowest BCUT2D eigenvalue weighted by molar-refractivity contribution is -0.118. The topological polar surface area (TPSA) is 94.7 Å². The van der Waals surface area contributed by atoms with Gasteiger partial charge < -0.3 is 20.4 Å². The van der Waals surface area contributed by atoms with Gasteiger partial charge in [-0.2, -0.15) is 0 Å². The molecule has 0 aliphatic carbocycles. The van der Waals surface area contributed by atoms with Crippen LogP contribution in [0.2, 0.25) is 5.02 Å². The molecule has 4 N–H and O–H groups in total. The number of hydrazine groups is 1. The third kappa shape index (κ3) is 4.18. The summed E-state index contributed by atoms with van der Waals surface area (Å²) in [6.07, 6.45) is 2.29. The van der Waals surface area contributed by atoms with Crippen molar-refractivity contribution in [2.75, 3.05) is 32.2 Å². The largest absolute Gasteiger partial charge is 0.465 e. The molecule has 2 aliphatic rings. The number of ether oxygens (including phenoxy) is 1. The van der Waals surface area contributed by atoms with Crippen molar-refractivity contribution in [3.8, 4) is 0 Å². The minimum absolute atomic E-state index is 0.00449. The van der Waals surface area contributed by atoms with E-state index >= 15 is 0 Å². The van der Waals surface area contributed by atoms with Crippen LogP contribution < -0.4 is 21.5 Å². The number of carbonyl (C=O) groups is 2. The Morgan fingerprint density at radius 2 is 2.26 bits per heavy atom. The zero-order valence-corrected chi connectivity index (χ0v) is 16.7. The van der Waals surface area contributed by atoms with E-state index in [4.69, 9.17) is 11.6 Å². The summed E-state index contributed by atoms with van der Waals surface area (Å²) < 4.78 is 19.2. The van der Waals surface area contributed by atoms with Crippen molar-refractivity contribution >= 4 is 45.1 Å². The Hall–Kier alpha value is -1.88. The molecule has 1 unspecified atom stereocenters. The number of benzene rings is 1. The number of hydrogen-bond acceptors (Lipinski definition) is 7. The van der Waals surface area contributed by atoms with Crippen molar-refractivity contribution in [3.63, 3.8) is 0 Å². The van der Waals surface area contributed by atoms with Gasteiger partial charge >= 0.3 is 5.97 Å². The summed E-state index contributed by atoms with van der Waals surface area (Å²) >= 11 is 8.92. The van der Waals surface area contributed by atoms with Crippen molar-refractivity contribution < 1.29 is 18.7 Å². The second-order valence-corrected chi connectivity index (χ2v) is 7.16. The summed E-state index contributed by atoms with van der Waals surface area (Å²) in [7, 11) is 1.16. The summed E-state index contributed by atoms with van der Waals surface area (Å²) in [6, 6.07) is 0.588. The number of esters is 1. The van der Waals surface area contributed by atoms with Crippen molar-refractivity contribution in [1.82, 2.24) is 21.1 Å². The predicted octanol–water partition coefficient (Wildman–Crippen LogP) is 1.54. The highest BCUT2D eigenvalue weighted by atomic mass is 79.9. The Morgan fingerprint density at radius 1 is 1.48 bits per heavy atom. The Kier molecular flexibility index (Phi) is 6.20. The molecule has 1 saturated heterocycles. The van der Waals surface area contributed by atoms with Gasteiger partial charge in [0, 0.05) is 13.1 Å². The SMILES string of the molecule is COC(=O)c1cc(Cl)c(Br)c(F)c1NC(=O)C1CC=C(N2CCNC2)NN1. The van der Waals surface area contributed by atoms with Crippen LogP contribution in [-0.4, -0.2) is 49.7 Å². The molecule has 0 saturated carbocycles. The van der Waals surface area contributed by atoms with E-state index in [0.717, 1.165) is 32.7 Å². The zero-order chi connectivity index (χ0) is 19.6. The number of rotatable bonds is 4. The number of nitrogens with one attached hydrogen (secondary N) is 4. The minimum atomic E-state index is -0.848. The lowest BCUT2D eigenvalue weighted by atomic mass is 10.1. The normalized spacial score (nSPS) is 19.3. The fourth-order valence-electron chi connectivity index (χ4n) is 2.79. The van der Waals surface area contributed by atoms with Crippen LogP contribution in [0.4, 0.5) is 10.1 Å². The Morgan fingerprint density at radius 3 is 2.85 bits per heavy atom. The van der Waals surface area contributed by atoms with Crippen LogP contribution in [0, 0.1) is 5.82 Å². The number of amides is 1. The standard InChI is InChI=1S/C16H18BrClFN5O3/c1-27-16(26)8-6-9(18)12(17)13(19)14(8)21-15(25)10-2-3-11(23-22-10)24-5-4-20-7-24/h3,6,10,20,22-23H,2,4-5,7H2,1H3,(H,21,25). The molecule has 146 valence electrons. The molecule has 27 heavy (non-hydrogen) atoms. The van der Waals surface area contributed by atoms with E-state index < -0.39 is 23.7 Å².